The molecule has 2 N–H and O–H groups in total. The summed E-state index contributed by atoms with van der Waals surface area (Å²) in [6.45, 7) is 3.60. The van der Waals surface area contributed by atoms with Crippen molar-refractivity contribution in [3.05, 3.63) is 0 Å². The molecule has 1 saturated carbocycles. The lowest BCUT2D eigenvalue weighted by Crippen LogP contribution is -2.38. The minimum Gasteiger partial charge on any atom is -0.392 e. The molecule has 2 fully saturated rings. The van der Waals surface area contributed by atoms with Crippen LogP contribution in [0.15, 0.2) is 0 Å². The Bertz CT molecular complexity index is 244. The van der Waals surface area contributed by atoms with Crippen LogP contribution in [0.1, 0.15) is 19.3 Å². The molecule has 2 rings (SSSR count). The zero-order valence-electron chi connectivity index (χ0n) is 9.15. The summed E-state index contributed by atoms with van der Waals surface area (Å²) in [5, 5.41) is 12.7. The van der Waals surface area contributed by atoms with Crippen molar-refractivity contribution in [2.75, 3.05) is 26.2 Å². The summed E-state index contributed by atoms with van der Waals surface area (Å²) in [7, 11) is 0. The van der Waals surface area contributed by atoms with E-state index in [1.54, 1.807) is 0 Å². The molecule has 3 nitrogen and oxygen atoms in total. The Morgan fingerprint density at radius 1 is 1.40 bits per heavy atom. The fourth-order valence-corrected chi connectivity index (χ4v) is 2.25. The first-order valence-corrected chi connectivity index (χ1v) is 5.85. The quantitative estimate of drug-likeness (QED) is 0.627. The van der Waals surface area contributed by atoms with Crippen LogP contribution in [0.4, 0.5) is 0 Å². The zero-order valence-corrected chi connectivity index (χ0v) is 9.15. The van der Waals surface area contributed by atoms with Crippen LogP contribution in [-0.4, -0.2) is 48.3 Å². The number of aliphatic hydroxyl groups is 1. The fourth-order valence-electron chi connectivity index (χ4n) is 2.25. The number of hydrogen-bond donors (Lipinski definition) is 2. The number of rotatable bonds is 5. The molecule has 2 aliphatic rings. The van der Waals surface area contributed by atoms with Gasteiger partial charge in [0.2, 0.25) is 0 Å². The monoisotopic (exact) mass is 208 g/mol. The second kappa shape index (κ2) is 4.98. The topological polar surface area (TPSA) is 35.5 Å². The van der Waals surface area contributed by atoms with E-state index in [4.69, 9.17) is 6.42 Å². The molecule has 15 heavy (non-hydrogen) atoms. The van der Waals surface area contributed by atoms with Crippen molar-refractivity contribution in [1.82, 2.24) is 10.2 Å². The van der Waals surface area contributed by atoms with Crippen LogP contribution in [0, 0.1) is 18.3 Å². The van der Waals surface area contributed by atoms with Gasteiger partial charge in [0.15, 0.2) is 0 Å². The van der Waals surface area contributed by atoms with E-state index in [-0.39, 0.29) is 6.10 Å². The van der Waals surface area contributed by atoms with Gasteiger partial charge in [-0.15, -0.1) is 6.42 Å². The molecule has 84 valence electrons. The SMILES string of the molecule is C#CCN(CC1CC1)CC1CC(O)CN1. The van der Waals surface area contributed by atoms with E-state index >= 15 is 0 Å². The standard InChI is InChI=1S/C12H20N2O/c1-2-5-14(8-10-3-4-10)9-11-6-12(15)7-13-11/h1,10-13,15H,3-9H2. The van der Waals surface area contributed by atoms with Gasteiger partial charge in [0.05, 0.1) is 12.6 Å². The first-order chi connectivity index (χ1) is 7.28. The van der Waals surface area contributed by atoms with Gasteiger partial charge in [-0.2, -0.15) is 0 Å². The van der Waals surface area contributed by atoms with Crippen molar-refractivity contribution in [1.29, 1.82) is 0 Å². The van der Waals surface area contributed by atoms with Crippen LogP contribution in [-0.2, 0) is 0 Å². The van der Waals surface area contributed by atoms with Crippen LogP contribution in [0.2, 0.25) is 0 Å². The molecule has 1 aliphatic carbocycles. The molecular weight excluding hydrogens is 188 g/mol. The van der Waals surface area contributed by atoms with Gasteiger partial charge in [0.25, 0.3) is 0 Å². The molecule has 0 bridgehead atoms. The molecule has 0 aromatic heterocycles. The Morgan fingerprint density at radius 2 is 2.20 bits per heavy atom. The highest BCUT2D eigenvalue weighted by atomic mass is 16.3. The van der Waals surface area contributed by atoms with Gasteiger partial charge in [-0.05, 0) is 25.2 Å². The second-order valence-electron chi connectivity index (χ2n) is 4.84. The molecule has 0 aromatic carbocycles. The summed E-state index contributed by atoms with van der Waals surface area (Å²) < 4.78 is 0. The average Bonchev–Trinajstić information content (AvgIpc) is 2.90. The van der Waals surface area contributed by atoms with E-state index < -0.39 is 0 Å². The zero-order chi connectivity index (χ0) is 10.7. The van der Waals surface area contributed by atoms with Crippen molar-refractivity contribution in [2.45, 2.75) is 31.4 Å². The third kappa shape index (κ3) is 3.49. The number of nitrogens with zero attached hydrogens (tertiary/aromatic N) is 1. The number of aliphatic hydroxyl groups excluding tert-OH is 1. The molecular formula is C12H20N2O. The van der Waals surface area contributed by atoms with Gasteiger partial charge in [-0.1, -0.05) is 5.92 Å². The summed E-state index contributed by atoms with van der Waals surface area (Å²) in [5.41, 5.74) is 0. The third-order valence-electron chi connectivity index (χ3n) is 3.21. The molecule has 1 saturated heterocycles. The van der Waals surface area contributed by atoms with E-state index in [0.717, 1.165) is 38.5 Å². The van der Waals surface area contributed by atoms with Crippen LogP contribution in [0.3, 0.4) is 0 Å². The van der Waals surface area contributed by atoms with Crippen molar-refractivity contribution in [2.24, 2.45) is 5.92 Å². The Morgan fingerprint density at radius 3 is 2.73 bits per heavy atom. The molecule has 2 atom stereocenters. The average molecular weight is 208 g/mol. The molecule has 2 unspecified atom stereocenters. The maximum Gasteiger partial charge on any atom is 0.0680 e. The number of hydrogen-bond acceptors (Lipinski definition) is 3. The molecule has 1 aliphatic heterocycles. The van der Waals surface area contributed by atoms with Gasteiger partial charge in [0.1, 0.15) is 0 Å². The van der Waals surface area contributed by atoms with Gasteiger partial charge in [-0.3, -0.25) is 4.90 Å². The summed E-state index contributed by atoms with van der Waals surface area (Å²) in [6, 6.07) is 0.423. The van der Waals surface area contributed by atoms with E-state index in [1.807, 2.05) is 0 Å². The van der Waals surface area contributed by atoms with Crippen LogP contribution in [0.25, 0.3) is 0 Å². The molecule has 1 heterocycles. The minimum absolute atomic E-state index is 0.163. The van der Waals surface area contributed by atoms with Crippen molar-refractivity contribution < 1.29 is 5.11 Å². The Kier molecular flexibility index (Phi) is 3.63. The fraction of sp³-hybridized carbons (Fsp3) is 0.833. The van der Waals surface area contributed by atoms with Crippen LogP contribution < -0.4 is 5.32 Å². The van der Waals surface area contributed by atoms with Crippen molar-refractivity contribution in [3.8, 4) is 12.3 Å². The largest absolute Gasteiger partial charge is 0.392 e. The molecule has 0 amide bonds. The normalized spacial score (nSPS) is 30.7. The highest BCUT2D eigenvalue weighted by Crippen LogP contribution is 2.29. The molecule has 0 aromatic rings. The predicted molar refractivity (Wildman–Crippen MR) is 60.4 cm³/mol. The Hall–Kier alpha value is -0.560. The third-order valence-corrected chi connectivity index (χ3v) is 3.21. The summed E-state index contributed by atoms with van der Waals surface area (Å²) in [5.74, 6) is 3.60. The first kappa shape index (κ1) is 10.9. The summed E-state index contributed by atoms with van der Waals surface area (Å²) in [6.07, 6.45) is 8.79. The summed E-state index contributed by atoms with van der Waals surface area (Å²) in [4.78, 5) is 2.34. The van der Waals surface area contributed by atoms with Gasteiger partial charge < -0.3 is 10.4 Å². The number of terminal acetylenes is 1. The molecule has 3 heteroatoms. The smallest absolute Gasteiger partial charge is 0.0680 e. The maximum absolute atomic E-state index is 9.42. The lowest BCUT2D eigenvalue weighted by molar-refractivity contribution is 0.188. The van der Waals surface area contributed by atoms with E-state index in [0.29, 0.717) is 6.04 Å². The Balaban J connectivity index is 1.75. The summed E-state index contributed by atoms with van der Waals surface area (Å²) >= 11 is 0. The van der Waals surface area contributed by atoms with Gasteiger partial charge in [-0.25, -0.2) is 0 Å². The molecule has 0 radical (unpaired) electrons. The van der Waals surface area contributed by atoms with Crippen LogP contribution in [0.5, 0.6) is 0 Å². The highest BCUT2D eigenvalue weighted by Gasteiger charge is 2.27. The number of β-amino-alcohol motifs (C(OH)–C–C–N with tert-alkyl or cyclic N) is 1. The molecule has 0 spiro atoms. The first-order valence-electron chi connectivity index (χ1n) is 5.85. The second-order valence-corrected chi connectivity index (χ2v) is 4.84. The van der Waals surface area contributed by atoms with E-state index in [9.17, 15) is 5.11 Å². The van der Waals surface area contributed by atoms with Crippen molar-refractivity contribution in [3.63, 3.8) is 0 Å². The highest BCUT2D eigenvalue weighted by molar-refractivity contribution is 4.92. The van der Waals surface area contributed by atoms with Gasteiger partial charge >= 0.3 is 0 Å². The van der Waals surface area contributed by atoms with E-state index in [2.05, 4.69) is 16.1 Å². The Labute approximate surface area is 91.8 Å². The number of nitrogens with one attached hydrogen (secondary N) is 1. The minimum atomic E-state index is -0.163. The van der Waals surface area contributed by atoms with Gasteiger partial charge in [0, 0.05) is 25.7 Å². The lowest BCUT2D eigenvalue weighted by atomic mass is 10.2. The van der Waals surface area contributed by atoms with Crippen molar-refractivity contribution >= 4 is 0 Å². The van der Waals surface area contributed by atoms with E-state index in [1.165, 1.54) is 12.8 Å². The predicted octanol–water partition coefficient (Wildman–Crippen LogP) is 0.0544. The lowest BCUT2D eigenvalue weighted by Gasteiger charge is -2.23. The maximum atomic E-state index is 9.42. The van der Waals surface area contributed by atoms with Crippen LogP contribution >= 0.6 is 0 Å².